The van der Waals surface area contributed by atoms with Crippen LogP contribution in [0.3, 0.4) is 0 Å². The minimum Gasteiger partial charge on any atom is -0.497 e. The molecular weight excluding hydrogens is 364 g/mol. The smallest absolute Gasteiger partial charge is 0.161 e. The number of para-hydroxylation sites is 4. The van der Waals surface area contributed by atoms with Crippen molar-refractivity contribution in [2.75, 3.05) is 20.3 Å². The van der Waals surface area contributed by atoms with Crippen LogP contribution >= 0.6 is 0 Å². The molecule has 0 bridgehead atoms. The molecule has 29 heavy (non-hydrogen) atoms. The van der Waals surface area contributed by atoms with Gasteiger partial charge in [0.15, 0.2) is 11.5 Å². The fourth-order valence-electron chi connectivity index (χ4n) is 3.38. The molecule has 1 aromatic heterocycles. The summed E-state index contributed by atoms with van der Waals surface area (Å²) in [5.74, 6) is 3.22. The number of hydrogen-bond acceptors (Lipinski definition) is 4. The number of aromatic nitrogens is 2. The second kappa shape index (κ2) is 8.69. The van der Waals surface area contributed by atoms with Gasteiger partial charge in [0.05, 0.1) is 31.3 Å². The van der Waals surface area contributed by atoms with Crippen molar-refractivity contribution in [1.29, 1.82) is 0 Å². The third-order valence-corrected chi connectivity index (χ3v) is 4.70. The largest absolute Gasteiger partial charge is 0.497 e. The van der Waals surface area contributed by atoms with E-state index in [0.29, 0.717) is 19.8 Å². The minimum atomic E-state index is 0.501. The molecule has 5 nitrogen and oxygen atoms in total. The maximum Gasteiger partial charge on any atom is 0.161 e. The van der Waals surface area contributed by atoms with E-state index in [1.54, 1.807) is 7.11 Å². The number of hydrogen-bond donors (Lipinski definition) is 0. The Morgan fingerprint density at radius 1 is 0.862 bits per heavy atom. The fraction of sp³-hybridized carbons (Fsp3) is 0.208. The number of benzene rings is 3. The molecule has 0 aliphatic carbocycles. The number of fused-ring (bicyclic) bond motifs is 1. The van der Waals surface area contributed by atoms with Crippen LogP contribution in [0.5, 0.6) is 17.2 Å². The first kappa shape index (κ1) is 18.9. The van der Waals surface area contributed by atoms with Crippen LogP contribution in [0.25, 0.3) is 22.4 Å². The lowest BCUT2D eigenvalue weighted by Crippen LogP contribution is -2.10. The van der Waals surface area contributed by atoms with Crippen LogP contribution in [-0.2, 0) is 6.54 Å². The van der Waals surface area contributed by atoms with E-state index in [1.807, 2.05) is 73.7 Å². The lowest BCUT2D eigenvalue weighted by molar-refractivity contribution is 0.268. The van der Waals surface area contributed by atoms with Gasteiger partial charge in [0.2, 0.25) is 0 Å². The van der Waals surface area contributed by atoms with Gasteiger partial charge in [0.1, 0.15) is 18.2 Å². The van der Waals surface area contributed by atoms with Crippen LogP contribution in [0.2, 0.25) is 0 Å². The Balaban J connectivity index is 1.63. The van der Waals surface area contributed by atoms with E-state index in [0.717, 1.165) is 39.7 Å². The summed E-state index contributed by atoms with van der Waals surface area (Å²) in [5.41, 5.74) is 3.04. The first-order valence-electron chi connectivity index (χ1n) is 9.74. The molecule has 5 heteroatoms. The Bertz CT molecular complexity index is 1100. The summed E-state index contributed by atoms with van der Waals surface area (Å²) in [5, 5.41) is 0. The van der Waals surface area contributed by atoms with Crippen molar-refractivity contribution < 1.29 is 14.2 Å². The quantitative estimate of drug-likeness (QED) is 0.417. The number of imidazole rings is 1. The molecule has 4 aromatic rings. The van der Waals surface area contributed by atoms with Gasteiger partial charge in [-0.1, -0.05) is 36.4 Å². The second-order valence-electron chi connectivity index (χ2n) is 6.54. The molecule has 0 radical (unpaired) electrons. The highest BCUT2D eigenvalue weighted by Gasteiger charge is 2.13. The Morgan fingerprint density at radius 3 is 2.41 bits per heavy atom. The summed E-state index contributed by atoms with van der Waals surface area (Å²) in [6.07, 6.45) is 0. The highest BCUT2D eigenvalue weighted by Crippen LogP contribution is 2.29. The third-order valence-electron chi connectivity index (χ3n) is 4.70. The van der Waals surface area contributed by atoms with Crippen molar-refractivity contribution in [3.8, 4) is 28.6 Å². The molecule has 4 rings (SSSR count). The molecule has 0 saturated heterocycles. The first-order chi connectivity index (χ1) is 14.3. The van der Waals surface area contributed by atoms with E-state index >= 15 is 0 Å². The highest BCUT2D eigenvalue weighted by molar-refractivity contribution is 5.80. The summed E-state index contributed by atoms with van der Waals surface area (Å²) < 4.78 is 19.3. The predicted octanol–water partition coefficient (Wildman–Crippen LogP) is 5.19. The van der Waals surface area contributed by atoms with Crippen LogP contribution in [0, 0.1) is 0 Å². The zero-order chi connectivity index (χ0) is 20.1. The maximum absolute atomic E-state index is 6.05. The van der Waals surface area contributed by atoms with Gasteiger partial charge in [0.25, 0.3) is 0 Å². The molecule has 0 amide bonds. The maximum atomic E-state index is 6.05. The minimum absolute atomic E-state index is 0.501. The van der Waals surface area contributed by atoms with Crippen molar-refractivity contribution in [3.63, 3.8) is 0 Å². The van der Waals surface area contributed by atoms with E-state index in [-0.39, 0.29) is 0 Å². The number of methoxy groups -OCH3 is 1. The molecule has 0 atom stereocenters. The predicted molar refractivity (Wildman–Crippen MR) is 115 cm³/mol. The molecule has 0 fully saturated rings. The summed E-state index contributed by atoms with van der Waals surface area (Å²) in [6.45, 7) is 3.73. The fourth-order valence-corrected chi connectivity index (χ4v) is 3.38. The summed E-state index contributed by atoms with van der Waals surface area (Å²) in [7, 11) is 1.67. The van der Waals surface area contributed by atoms with Crippen LogP contribution in [0.4, 0.5) is 0 Å². The van der Waals surface area contributed by atoms with Gasteiger partial charge in [-0.15, -0.1) is 0 Å². The van der Waals surface area contributed by atoms with E-state index in [2.05, 4.69) is 10.6 Å². The molecule has 1 heterocycles. The third kappa shape index (κ3) is 4.04. The normalized spacial score (nSPS) is 10.8. The van der Waals surface area contributed by atoms with E-state index in [4.69, 9.17) is 19.2 Å². The van der Waals surface area contributed by atoms with Crippen LogP contribution < -0.4 is 14.2 Å². The number of rotatable bonds is 8. The Hall–Kier alpha value is -3.47. The molecule has 0 spiro atoms. The molecule has 0 N–H and O–H groups in total. The van der Waals surface area contributed by atoms with Gasteiger partial charge in [-0.05, 0) is 43.3 Å². The first-order valence-corrected chi connectivity index (χ1v) is 9.74. The molecule has 0 aliphatic rings. The number of ether oxygens (including phenoxy) is 3. The molecule has 0 unspecified atom stereocenters. The van der Waals surface area contributed by atoms with Crippen LogP contribution in [0.1, 0.15) is 6.92 Å². The van der Waals surface area contributed by atoms with E-state index in [1.165, 1.54) is 0 Å². The van der Waals surface area contributed by atoms with Crippen molar-refractivity contribution in [2.24, 2.45) is 0 Å². The molecule has 0 aliphatic heterocycles. The SMILES string of the molecule is CCOc1ccccc1OCCn1c(-c2cccc(OC)c2)nc2ccccc21. The zero-order valence-corrected chi connectivity index (χ0v) is 16.7. The summed E-state index contributed by atoms with van der Waals surface area (Å²) in [6, 6.07) is 23.9. The Kier molecular flexibility index (Phi) is 5.66. The van der Waals surface area contributed by atoms with E-state index < -0.39 is 0 Å². The van der Waals surface area contributed by atoms with Crippen molar-refractivity contribution >= 4 is 11.0 Å². The Morgan fingerprint density at radius 2 is 1.62 bits per heavy atom. The van der Waals surface area contributed by atoms with Gasteiger partial charge in [-0.25, -0.2) is 4.98 Å². The summed E-state index contributed by atoms with van der Waals surface area (Å²) in [4.78, 5) is 4.86. The van der Waals surface area contributed by atoms with Gasteiger partial charge in [-0.2, -0.15) is 0 Å². The highest BCUT2D eigenvalue weighted by atomic mass is 16.5. The lowest BCUT2D eigenvalue weighted by atomic mass is 10.2. The molecule has 3 aromatic carbocycles. The van der Waals surface area contributed by atoms with Gasteiger partial charge >= 0.3 is 0 Å². The molecule has 148 valence electrons. The van der Waals surface area contributed by atoms with Gasteiger partial charge in [0, 0.05) is 5.56 Å². The average Bonchev–Trinajstić information content (AvgIpc) is 3.14. The summed E-state index contributed by atoms with van der Waals surface area (Å²) >= 11 is 0. The van der Waals surface area contributed by atoms with Gasteiger partial charge in [-0.3, -0.25) is 0 Å². The standard InChI is InChI=1S/C24H24N2O3/c1-3-28-22-13-6-7-14-23(22)29-16-15-26-21-12-5-4-11-20(21)25-24(26)18-9-8-10-19(17-18)27-2/h4-14,17H,3,15-16H2,1-2H3. The Labute approximate surface area is 170 Å². The van der Waals surface area contributed by atoms with Crippen molar-refractivity contribution in [2.45, 2.75) is 13.5 Å². The average molecular weight is 388 g/mol. The van der Waals surface area contributed by atoms with Crippen LogP contribution in [-0.4, -0.2) is 29.9 Å². The monoisotopic (exact) mass is 388 g/mol. The van der Waals surface area contributed by atoms with Crippen LogP contribution in [0.15, 0.2) is 72.8 Å². The van der Waals surface area contributed by atoms with Crippen molar-refractivity contribution in [1.82, 2.24) is 9.55 Å². The van der Waals surface area contributed by atoms with E-state index in [9.17, 15) is 0 Å². The topological polar surface area (TPSA) is 45.5 Å². The molecule has 0 saturated carbocycles. The van der Waals surface area contributed by atoms with Gasteiger partial charge < -0.3 is 18.8 Å². The number of nitrogens with zero attached hydrogens (tertiary/aromatic N) is 2. The second-order valence-corrected chi connectivity index (χ2v) is 6.54. The zero-order valence-electron chi connectivity index (χ0n) is 16.7. The molecular formula is C24H24N2O3. The van der Waals surface area contributed by atoms with Crippen molar-refractivity contribution in [3.05, 3.63) is 72.8 Å². The lowest BCUT2D eigenvalue weighted by Gasteiger charge is -2.14.